The lowest BCUT2D eigenvalue weighted by Crippen LogP contribution is -2.34. The van der Waals surface area contributed by atoms with E-state index < -0.39 is 0 Å². The smallest absolute Gasteiger partial charge is 0.199 e. The van der Waals surface area contributed by atoms with Crippen LogP contribution in [0.2, 0.25) is 0 Å². The first-order valence-corrected chi connectivity index (χ1v) is 6.65. The predicted molar refractivity (Wildman–Crippen MR) is 70.1 cm³/mol. The number of aldehydes is 1. The van der Waals surface area contributed by atoms with Crippen molar-refractivity contribution in [2.75, 3.05) is 18.0 Å². The molecule has 0 atom stereocenters. The molecule has 0 fully saturated rings. The highest BCUT2D eigenvalue weighted by Crippen LogP contribution is 2.36. The Morgan fingerprint density at radius 3 is 2.33 bits per heavy atom. The number of aryl methyl sites for hydroxylation is 2. The third kappa shape index (κ3) is 1.94. The standard InChI is InChI=1S/C15H17NO2/c17-10-14(18)9-11-7-12-3-1-5-16-6-2-4-13(8-11)15(12)16/h7-8,10H,1-6,9H2. The van der Waals surface area contributed by atoms with E-state index in [2.05, 4.69) is 17.0 Å². The molecule has 0 saturated carbocycles. The topological polar surface area (TPSA) is 37.4 Å². The number of nitrogens with zero attached hydrogens (tertiary/aromatic N) is 1. The average Bonchev–Trinajstić information content (AvgIpc) is 2.39. The number of hydrogen-bond donors (Lipinski definition) is 0. The van der Waals surface area contributed by atoms with E-state index in [9.17, 15) is 9.59 Å². The molecule has 3 heteroatoms. The molecule has 0 N–H and O–H groups in total. The Kier molecular flexibility index (Phi) is 2.90. The van der Waals surface area contributed by atoms with Crippen LogP contribution in [0.25, 0.3) is 0 Å². The van der Waals surface area contributed by atoms with Crippen molar-refractivity contribution < 1.29 is 9.59 Å². The van der Waals surface area contributed by atoms with Crippen LogP contribution in [0.3, 0.4) is 0 Å². The summed E-state index contributed by atoms with van der Waals surface area (Å²) >= 11 is 0. The molecule has 0 aromatic heterocycles. The van der Waals surface area contributed by atoms with Gasteiger partial charge in [-0.3, -0.25) is 9.59 Å². The minimum Gasteiger partial charge on any atom is -0.371 e. The lowest BCUT2D eigenvalue weighted by molar-refractivity contribution is -0.129. The molecule has 0 saturated heterocycles. The van der Waals surface area contributed by atoms with Crippen LogP contribution in [0.1, 0.15) is 29.5 Å². The van der Waals surface area contributed by atoms with E-state index in [1.54, 1.807) is 0 Å². The Morgan fingerprint density at radius 1 is 1.17 bits per heavy atom. The highest BCUT2D eigenvalue weighted by Gasteiger charge is 2.24. The van der Waals surface area contributed by atoms with Gasteiger partial charge in [0.05, 0.1) is 0 Å². The number of ketones is 1. The zero-order valence-corrected chi connectivity index (χ0v) is 10.4. The summed E-state index contributed by atoms with van der Waals surface area (Å²) in [6.07, 6.45) is 5.26. The summed E-state index contributed by atoms with van der Waals surface area (Å²) in [4.78, 5) is 24.2. The largest absolute Gasteiger partial charge is 0.371 e. The maximum atomic E-state index is 11.2. The quantitative estimate of drug-likeness (QED) is 0.599. The summed E-state index contributed by atoms with van der Waals surface area (Å²) in [7, 11) is 0. The number of rotatable bonds is 3. The molecule has 3 nitrogen and oxygen atoms in total. The number of benzene rings is 1. The van der Waals surface area contributed by atoms with Crippen molar-refractivity contribution in [3.63, 3.8) is 0 Å². The Bertz CT molecular complexity index is 476. The van der Waals surface area contributed by atoms with Gasteiger partial charge in [0.15, 0.2) is 12.1 Å². The second-order valence-corrected chi connectivity index (χ2v) is 5.22. The Balaban J connectivity index is 2.00. The summed E-state index contributed by atoms with van der Waals surface area (Å²) in [6, 6.07) is 4.25. The van der Waals surface area contributed by atoms with Crippen LogP contribution in [0.15, 0.2) is 12.1 Å². The molecule has 18 heavy (non-hydrogen) atoms. The molecular weight excluding hydrogens is 226 g/mol. The Hall–Kier alpha value is -1.64. The lowest BCUT2D eigenvalue weighted by Gasteiger charge is -2.37. The van der Waals surface area contributed by atoms with Crippen LogP contribution in [0.4, 0.5) is 5.69 Å². The first kappa shape index (κ1) is 11.5. The second-order valence-electron chi connectivity index (χ2n) is 5.22. The second kappa shape index (κ2) is 4.56. The Morgan fingerprint density at radius 2 is 1.78 bits per heavy atom. The third-order valence-electron chi connectivity index (χ3n) is 3.90. The monoisotopic (exact) mass is 243 g/mol. The fraction of sp³-hybridized carbons (Fsp3) is 0.467. The van der Waals surface area contributed by atoms with E-state index in [0.29, 0.717) is 6.29 Å². The number of carbonyl (C=O) groups excluding carboxylic acids is 2. The maximum Gasteiger partial charge on any atom is 0.199 e. The molecule has 0 unspecified atom stereocenters. The van der Waals surface area contributed by atoms with E-state index in [4.69, 9.17) is 0 Å². The molecule has 2 heterocycles. The molecule has 0 spiro atoms. The molecule has 3 rings (SSSR count). The van der Waals surface area contributed by atoms with Crippen molar-refractivity contribution in [2.24, 2.45) is 0 Å². The van der Waals surface area contributed by atoms with E-state index in [1.807, 2.05) is 0 Å². The van der Waals surface area contributed by atoms with Gasteiger partial charge in [-0.25, -0.2) is 0 Å². The van der Waals surface area contributed by atoms with Crippen molar-refractivity contribution in [1.29, 1.82) is 0 Å². The van der Waals surface area contributed by atoms with Gasteiger partial charge in [-0.1, -0.05) is 12.1 Å². The molecule has 94 valence electrons. The Labute approximate surface area is 107 Å². The van der Waals surface area contributed by atoms with Crippen molar-refractivity contribution in [2.45, 2.75) is 32.1 Å². The lowest BCUT2D eigenvalue weighted by atomic mass is 9.89. The highest BCUT2D eigenvalue weighted by atomic mass is 16.2. The predicted octanol–water partition coefficient (Wildman–Crippen LogP) is 1.70. The van der Waals surface area contributed by atoms with Crippen LogP contribution < -0.4 is 4.90 Å². The van der Waals surface area contributed by atoms with Gasteiger partial charge in [-0.15, -0.1) is 0 Å². The van der Waals surface area contributed by atoms with Crippen molar-refractivity contribution >= 4 is 17.8 Å². The van der Waals surface area contributed by atoms with Crippen molar-refractivity contribution in [3.8, 4) is 0 Å². The zero-order valence-electron chi connectivity index (χ0n) is 10.4. The van der Waals surface area contributed by atoms with Crippen molar-refractivity contribution in [3.05, 3.63) is 28.8 Å². The van der Waals surface area contributed by atoms with Crippen LogP contribution in [-0.2, 0) is 28.9 Å². The number of anilines is 1. The van der Waals surface area contributed by atoms with Gasteiger partial charge in [0.1, 0.15) is 0 Å². The molecule has 2 aliphatic rings. The summed E-state index contributed by atoms with van der Waals surface area (Å²) in [5.41, 5.74) is 5.15. The van der Waals surface area contributed by atoms with Gasteiger partial charge in [0.25, 0.3) is 0 Å². The van der Waals surface area contributed by atoms with Crippen molar-refractivity contribution in [1.82, 2.24) is 0 Å². The minimum absolute atomic E-state index is 0.254. The molecule has 0 radical (unpaired) electrons. The third-order valence-corrected chi connectivity index (χ3v) is 3.90. The maximum absolute atomic E-state index is 11.2. The van der Waals surface area contributed by atoms with Gasteiger partial charge < -0.3 is 4.90 Å². The summed E-state index contributed by atoms with van der Waals surface area (Å²) in [5, 5.41) is 0. The fourth-order valence-corrected chi connectivity index (χ4v) is 3.22. The molecule has 0 amide bonds. The van der Waals surface area contributed by atoms with Gasteiger partial charge in [-0.2, -0.15) is 0 Å². The van der Waals surface area contributed by atoms with E-state index >= 15 is 0 Å². The van der Waals surface area contributed by atoms with E-state index in [0.717, 1.165) is 31.5 Å². The molecule has 2 aliphatic heterocycles. The summed E-state index contributed by atoms with van der Waals surface area (Å²) in [6.45, 7) is 2.32. The van der Waals surface area contributed by atoms with Gasteiger partial charge >= 0.3 is 0 Å². The minimum atomic E-state index is -0.328. The highest BCUT2D eigenvalue weighted by molar-refractivity contribution is 6.25. The van der Waals surface area contributed by atoms with E-state index in [1.165, 1.54) is 29.7 Å². The number of carbonyl (C=O) groups is 2. The molecule has 1 aromatic rings. The van der Waals surface area contributed by atoms with Crippen LogP contribution in [-0.4, -0.2) is 25.2 Å². The molecule has 0 bridgehead atoms. The number of Topliss-reactive ketones (excluding diaryl/α,β-unsaturated/α-hetero) is 1. The molecular formula is C15H17NO2. The SMILES string of the molecule is O=CC(=O)Cc1cc2c3c(c1)CCCN3CCC2. The van der Waals surface area contributed by atoms with Gasteiger partial charge in [0, 0.05) is 25.2 Å². The van der Waals surface area contributed by atoms with Crippen LogP contribution >= 0.6 is 0 Å². The first-order valence-electron chi connectivity index (χ1n) is 6.65. The van der Waals surface area contributed by atoms with Gasteiger partial charge in [-0.05, 0) is 42.4 Å². The molecule has 1 aromatic carbocycles. The zero-order chi connectivity index (χ0) is 12.5. The summed E-state index contributed by atoms with van der Waals surface area (Å²) < 4.78 is 0. The normalized spacial score (nSPS) is 17.2. The molecule has 0 aliphatic carbocycles. The van der Waals surface area contributed by atoms with Crippen LogP contribution in [0.5, 0.6) is 0 Å². The van der Waals surface area contributed by atoms with E-state index in [-0.39, 0.29) is 12.2 Å². The van der Waals surface area contributed by atoms with Gasteiger partial charge in [0.2, 0.25) is 0 Å². The van der Waals surface area contributed by atoms with Crippen LogP contribution in [0, 0.1) is 0 Å². The first-order chi connectivity index (χ1) is 8.78. The fourth-order valence-electron chi connectivity index (χ4n) is 3.22. The average molecular weight is 243 g/mol. The number of hydrogen-bond acceptors (Lipinski definition) is 3. The summed E-state index contributed by atoms with van der Waals surface area (Å²) in [5.74, 6) is -0.328.